The van der Waals surface area contributed by atoms with Gasteiger partial charge in [-0.2, -0.15) is 0 Å². The molecule has 3 N–H and O–H groups in total. The Balaban J connectivity index is 1.59. The SMILES string of the molecule is CNc1nc2[nH]c(-c3ccc(CNC(=O)CCOC)cc3)cc2c2c1ncn2C. The second kappa shape index (κ2) is 7.92. The first-order valence-electron chi connectivity index (χ1n) is 9.47. The Labute approximate surface area is 168 Å². The highest BCUT2D eigenvalue weighted by atomic mass is 16.5. The smallest absolute Gasteiger partial charge is 0.222 e. The number of nitrogens with one attached hydrogen (secondary N) is 3. The first-order valence-corrected chi connectivity index (χ1v) is 9.47. The fourth-order valence-electron chi connectivity index (χ4n) is 3.41. The summed E-state index contributed by atoms with van der Waals surface area (Å²) in [5.74, 6) is 0.735. The summed E-state index contributed by atoms with van der Waals surface area (Å²) in [6, 6.07) is 10.2. The minimum Gasteiger partial charge on any atom is -0.384 e. The number of hydrogen-bond acceptors (Lipinski definition) is 5. The summed E-state index contributed by atoms with van der Waals surface area (Å²) in [7, 11) is 5.42. The average molecular weight is 392 g/mol. The normalized spacial score (nSPS) is 11.3. The number of amides is 1. The number of fused-ring (bicyclic) bond motifs is 3. The van der Waals surface area contributed by atoms with Crippen molar-refractivity contribution in [2.75, 3.05) is 26.1 Å². The molecular formula is C21H24N6O2. The van der Waals surface area contributed by atoms with E-state index in [0.717, 1.165) is 44.7 Å². The zero-order valence-electron chi connectivity index (χ0n) is 16.7. The van der Waals surface area contributed by atoms with Gasteiger partial charge in [-0.05, 0) is 17.2 Å². The van der Waals surface area contributed by atoms with E-state index in [1.54, 1.807) is 13.4 Å². The molecule has 0 aliphatic rings. The zero-order valence-corrected chi connectivity index (χ0v) is 16.7. The van der Waals surface area contributed by atoms with E-state index in [-0.39, 0.29) is 5.91 Å². The fourth-order valence-corrected chi connectivity index (χ4v) is 3.41. The molecule has 3 aromatic heterocycles. The van der Waals surface area contributed by atoms with E-state index < -0.39 is 0 Å². The predicted molar refractivity (Wildman–Crippen MR) is 114 cm³/mol. The number of imidazole rings is 1. The number of anilines is 1. The Hall–Kier alpha value is -3.39. The molecular weight excluding hydrogens is 368 g/mol. The summed E-state index contributed by atoms with van der Waals surface area (Å²) < 4.78 is 6.93. The van der Waals surface area contributed by atoms with Gasteiger partial charge in [0.05, 0.1) is 18.5 Å². The molecule has 0 aliphatic heterocycles. The Morgan fingerprint density at radius 3 is 2.79 bits per heavy atom. The van der Waals surface area contributed by atoms with Crippen molar-refractivity contribution in [1.29, 1.82) is 0 Å². The molecule has 1 aromatic carbocycles. The molecule has 0 unspecified atom stereocenters. The highest BCUT2D eigenvalue weighted by molar-refractivity contribution is 6.07. The van der Waals surface area contributed by atoms with Crippen LogP contribution >= 0.6 is 0 Å². The second-order valence-electron chi connectivity index (χ2n) is 6.92. The number of H-pyrrole nitrogens is 1. The summed E-state index contributed by atoms with van der Waals surface area (Å²) in [6.07, 6.45) is 2.17. The third-order valence-electron chi connectivity index (χ3n) is 4.96. The van der Waals surface area contributed by atoms with Crippen molar-refractivity contribution < 1.29 is 9.53 Å². The molecule has 4 aromatic rings. The van der Waals surface area contributed by atoms with Gasteiger partial charge in [-0.25, -0.2) is 9.97 Å². The Bertz CT molecular complexity index is 1160. The maximum Gasteiger partial charge on any atom is 0.222 e. The van der Waals surface area contributed by atoms with E-state index >= 15 is 0 Å². The lowest BCUT2D eigenvalue weighted by molar-refractivity contribution is -0.122. The number of carbonyl (C=O) groups is 1. The van der Waals surface area contributed by atoms with Crippen molar-refractivity contribution in [2.24, 2.45) is 7.05 Å². The number of nitrogens with zero attached hydrogens (tertiary/aromatic N) is 3. The quantitative estimate of drug-likeness (QED) is 0.449. The number of methoxy groups -OCH3 is 1. The number of benzene rings is 1. The number of aromatic nitrogens is 4. The Morgan fingerprint density at radius 1 is 1.28 bits per heavy atom. The molecule has 150 valence electrons. The standard InChI is InChI=1S/C21H24N6O2/c1-22-21-18-19(27(2)12-24-18)15-10-16(25-20(15)26-21)14-6-4-13(5-7-14)11-23-17(28)8-9-29-3/h4-7,10,12H,8-9,11H2,1-3H3,(H,23,28)(H2,22,25,26). The maximum atomic E-state index is 11.7. The minimum absolute atomic E-state index is 0.0156. The van der Waals surface area contributed by atoms with Gasteiger partial charge in [0.25, 0.3) is 0 Å². The topological polar surface area (TPSA) is 96.9 Å². The van der Waals surface area contributed by atoms with Gasteiger partial charge in [0.15, 0.2) is 5.82 Å². The van der Waals surface area contributed by atoms with Crippen molar-refractivity contribution in [3.8, 4) is 11.3 Å². The highest BCUT2D eigenvalue weighted by Gasteiger charge is 2.15. The molecule has 8 heteroatoms. The number of aryl methyl sites for hydroxylation is 1. The zero-order chi connectivity index (χ0) is 20.4. The highest BCUT2D eigenvalue weighted by Crippen LogP contribution is 2.31. The van der Waals surface area contributed by atoms with Crippen molar-refractivity contribution in [1.82, 2.24) is 24.8 Å². The van der Waals surface area contributed by atoms with Crippen LogP contribution in [-0.4, -0.2) is 46.2 Å². The molecule has 1 amide bonds. The van der Waals surface area contributed by atoms with Gasteiger partial charge in [0.1, 0.15) is 11.2 Å². The van der Waals surface area contributed by atoms with Gasteiger partial charge in [0, 0.05) is 45.3 Å². The Morgan fingerprint density at radius 2 is 2.07 bits per heavy atom. The molecule has 0 saturated carbocycles. The minimum atomic E-state index is -0.0156. The number of pyridine rings is 1. The number of carbonyl (C=O) groups excluding carboxylic acids is 1. The van der Waals surface area contributed by atoms with Crippen LogP contribution in [0.2, 0.25) is 0 Å². The number of ether oxygens (including phenoxy) is 1. The largest absolute Gasteiger partial charge is 0.384 e. The van der Waals surface area contributed by atoms with Gasteiger partial charge < -0.3 is 24.9 Å². The molecule has 0 fully saturated rings. The van der Waals surface area contributed by atoms with E-state index in [2.05, 4.69) is 31.7 Å². The monoisotopic (exact) mass is 392 g/mol. The van der Waals surface area contributed by atoms with Crippen LogP contribution in [0.25, 0.3) is 33.3 Å². The summed E-state index contributed by atoms with van der Waals surface area (Å²) >= 11 is 0. The molecule has 0 spiro atoms. The first kappa shape index (κ1) is 18.9. The van der Waals surface area contributed by atoms with Crippen LogP contribution in [0, 0.1) is 0 Å². The molecule has 0 saturated heterocycles. The van der Waals surface area contributed by atoms with Crippen LogP contribution in [0.15, 0.2) is 36.7 Å². The van der Waals surface area contributed by atoms with Gasteiger partial charge in [0.2, 0.25) is 5.91 Å². The summed E-state index contributed by atoms with van der Waals surface area (Å²) in [6.45, 7) is 0.927. The number of aromatic amines is 1. The first-order chi connectivity index (χ1) is 14.1. The fraction of sp³-hybridized carbons (Fsp3) is 0.286. The predicted octanol–water partition coefficient (Wildman–Crippen LogP) is 2.81. The van der Waals surface area contributed by atoms with Gasteiger partial charge in [-0.1, -0.05) is 24.3 Å². The third kappa shape index (κ3) is 3.66. The lowest BCUT2D eigenvalue weighted by Crippen LogP contribution is -2.23. The van der Waals surface area contributed by atoms with Crippen molar-refractivity contribution in [2.45, 2.75) is 13.0 Å². The molecule has 4 rings (SSSR count). The van der Waals surface area contributed by atoms with Gasteiger partial charge in [-0.15, -0.1) is 0 Å². The molecule has 0 atom stereocenters. The van der Waals surface area contributed by atoms with Crippen LogP contribution in [0.4, 0.5) is 5.82 Å². The molecule has 0 radical (unpaired) electrons. The van der Waals surface area contributed by atoms with E-state index in [1.807, 2.05) is 42.9 Å². The summed E-state index contributed by atoms with van der Waals surface area (Å²) in [5.41, 5.74) is 5.79. The molecule has 0 aliphatic carbocycles. The molecule has 0 bridgehead atoms. The molecule has 8 nitrogen and oxygen atoms in total. The van der Waals surface area contributed by atoms with Crippen molar-refractivity contribution in [3.63, 3.8) is 0 Å². The Kier molecular flexibility index (Phi) is 5.18. The van der Waals surface area contributed by atoms with Crippen LogP contribution in [0.5, 0.6) is 0 Å². The number of rotatable bonds is 7. The maximum absolute atomic E-state index is 11.7. The summed E-state index contributed by atoms with van der Waals surface area (Å²) in [4.78, 5) is 24.3. The molecule has 3 heterocycles. The van der Waals surface area contributed by atoms with E-state index in [9.17, 15) is 4.79 Å². The van der Waals surface area contributed by atoms with E-state index in [0.29, 0.717) is 19.6 Å². The van der Waals surface area contributed by atoms with Crippen LogP contribution in [0.3, 0.4) is 0 Å². The van der Waals surface area contributed by atoms with Gasteiger partial charge in [-0.3, -0.25) is 4.79 Å². The van der Waals surface area contributed by atoms with E-state index in [1.165, 1.54) is 0 Å². The average Bonchev–Trinajstić information content (AvgIpc) is 3.34. The summed E-state index contributed by atoms with van der Waals surface area (Å²) in [5, 5.41) is 7.05. The lowest BCUT2D eigenvalue weighted by Gasteiger charge is -2.06. The van der Waals surface area contributed by atoms with Crippen molar-refractivity contribution in [3.05, 3.63) is 42.2 Å². The van der Waals surface area contributed by atoms with Gasteiger partial charge >= 0.3 is 0 Å². The van der Waals surface area contributed by atoms with E-state index in [4.69, 9.17) is 4.74 Å². The van der Waals surface area contributed by atoms with Crippen LogP contribution < -0.4 is 10.6 Å². The van der Waals surface area contributed by atoms with Crippen LogP contribution in [0.1, 0.15) is 12.0 Å². The van der Waals surface area contributed by atoms with Crippen molar-refractivity contribution >= 4 is 33.8 Å². The molecule has 29 heavy (non-hydrogen) atoms. The van der Waals surface area contributed by atoms with Crippen LogP contribution in [-0.2, 0) is 23.1 Å². The third-order valence-corrected chi connectivity index (χ3v) is 4.96. The second-order valence-corrected chi connectivity index (χ2v) is 6.92. The number of hydrogen-bond donors (Lipinski definition) is 3. The lowest BCUT2D eigenvalue weighted by atomic mass is 10.1.